The molecule has 1 amide bonds. The largest absolute Gasteiger partial charge is 0.271 e. The lowest BCUT2D eigenvalue weighted by Gasteiger charge is -2.03. The monoisotopic (exact) mass is 301 g/mol. The van der Waals surface area contributed by atoms with Gasteiger partial charge in [-0.25, -0.2) is 9.82 Å². The second-order valence-corrected chi connectivity index (χ2v) is 4.45. The second kappa shape index (κ2) is 6.57. The molecule has 2 aromatic rings. The number of non-ortho nitro benzene ring substituents is 1. The highest BCUT2D eigenvalue weighted by molar-refractivity contribution is 6.00. The summed E-state index contributed by atoms with van der Waals surface area (Å²) >= 11 is 0. The highest BCUT2D eigenvalue weighted by Crippen LogP contribution is 2.11. The van der Waals surface area contributed by atoms with Crippen molar-refractivity contribution in [1.82, 2.24) is 5.43 Å². The zero-order chi connectivity index (χ0) is 16.1. The molecule has 22 heavy (non-hydrogen) atoms. The number of carbonyl (C=O) groups is 1. The molecule has 0 radical (unpaired) electrons. The molecule has 7 heteroatoms. The first-order valence-electron chi connectivity index (χ1n) is 6.32. The summed E-state index contributed by atoms with van der Waals surface area (Å²) in [5, 5.41) is 14.5. The molecule has 0 aromatic heterocycles. The van der Waals surface area contributed by atoms with E-state index in [-0.39, 0.29) is 17.1 Å². The molecular weight excluding hydrogens is 289 g/mol. The smallest absolute Gasteiger partial charge is 0.267 e. The van der Waals surface area contributed by atoms with Gasteiger partial charge in [0.05, 0.1) is 10.6 Å². The molecule has 0 aliphatic heterocycles. The number of nitrogens with zero attached hydrogens (tertiary/aromatic N) is 2. The maximum Gasteiger partial charge on any atom is 0.271 e. The topological polar surface area (TPSA) is 84.6 Å². The fraction of sp³-hybridized carbons (Fsp3) is 0.0667. The fourth-order valence-electron chi connectivity index (χ4n) is 1.69. The fourth-order valence-corrected chi connectivity index (χ4v) is 1.69. The Bertz CT molecular complexity index is 725. The van der Waals surface area contributed by atoms with Gasteiger partial charge in [0.15, 0.2) is 0 Å². The van der Waals surface area contributed by atoms with Crippen LogP contribution in [0.4, 0.5) is 10.1 Å². The van der Waals surface area contributed by atoms with Gasteiger partial charge in [0.25, 0.3) is 11.6 Å². The summed E-state index contributed by atoms with van der Waals surface area (Å²) < 4.78 is 12.8. The number of benzene rings is 2. The summed E-state index contributed by atoms with van der Waals surface area (Å²) in [5.74, 6) is -0.845. The Balaban J connectivity index is 2.06. The summed E-state index contributed by atoms with van der Waals surface area (Å²) in [5.41, 5.74) is 3.68. The van der Waals surface area contributed by atoms with E-state index in [1.807, 2.05) is 0 Å². The molecule has 0 aliphatic carbocycles. The minimum Gasteiger partial charge on any atom is -0.267 e. The van der Waals surface area contributed by atoms with Crippen molar-refractivity contribution in [3.8, 4) is 0 Å². The van der Waals surface area contributed by atoms with E-state index in [0.717, 1.165) is 0 Å². The Hall–Kier alpha value is -3.09. The highest BCUT2D eigenvalue weighted by Gasteiger charge is 2.09. The van der Waals surface area contributed by atoms with Crippen LogP contribution in [-0.2, 0) is 0 Å². The maximum absolute atomic E-state index is 12.8. The van der Waals surface area contributed by atoms with Gasteiger partial charge in [-0.1, -0.05) is 12.1 Å². The number of nitro benzene ring substituents is 1. The van der Waals surface area contributed by atoms with E-state index in [1.54, 1.807) is 19.1 Å². The van der Waals surface area contributed by atoms with Crippen LogP contribution in [0.5, 0.6) is 0 Å². The third kappa shape index (κ3) is 3.72. The van der Waals surface area contributed by atoms with Gasteiger partial charge in [-0.15, -0.1) is 0 Å². The summed E-state index contributed by atoms with van der Waals surface area (Å²) in [6.07, 6.45) is 0. The SMILES string of the molecule is CC(=NNC(=O)c1ccc([N+](=O)[O-])cc1)c1ccc(F)cc1. The van der Waals surface area contributed by atoms with Crippen molar-refractivity contribution in [2.45, 2.75) is 6.92 Å². The standard InChI is InChI=1S/C15H12FN3O3/c1-10(11-2-6-13(16)7-3-11)17-18-15(20)12-4-8-14(9-5-12)19(21)22/h2-9H,1H3,(H,18,20). The molecule has 0 bridgehead atoms. The van der Waals surface area contributed by atoms with E-state index in [0.29, 0.717) is 11.3 Å². The Kier molecular flexibility index (Phi) is 4.57. The lowest BCUT2D eigenvalue weighted by Crippen LogP contribution is -2.19. The summed E-state index contributed by atoms with van der Waals surface area (Å²) in [6, 6.07) is 10.9. The van der Waals surface area contributed by atoms with Crippen molar-refractivity contribution in [3.63, 3.8) is 0 Å². The molecular formula is C15H12FN3O3. The van der Waals surface area contributed by atoms with Crippen LogP contribution in [0.2, 0.25) is 0 Å². The first kappa shape index (κ1) is 15.3. The van der Waals surface area contributed by atoms with E-state index < -0.39 is 10.8 Å². The van der Waals surface area contributed by atoms with Crippen molar-refractivity contribution in [3.05, 3.63) is 75.6 Å². The van der Waals surface area contributed by atoms with E-state index in [2.05, 4.69) is 10.5 Å². The van der Waals surface area contributed by atoms with Gasteiger partial charge in [0.1, 0.15) is 5.82 Å². The predicted octanol–water partition coefficient (Wildman–Crippen LogP) is 2.89. The summed E-state index contributed by atoms with van der Waals surface area (Å²) in [7, 11) is 0. The van der Waals surface area contributed by atoms with Gasteiger partial charge >= 0.3 is 0 Å². The summed E-state index contributed by atoms with van der Waals surface area (Å²) in [6.45, 7) is 1.67. The number of amides is 1. The molecule has 0 atom stereocenters. The van der Waals surface area contributed by atoms with Crippen LogP contribution in [0.25, 0.3) is 0 Å². The number of hydrogen-bond donors (Lipinski definition) is 1. The molecule has 112 valence electrons. The Morgan fingerprint density at radius 1 is 1.09 bits per heavy atom. The molecule has 2 aromatic carbocycles. The number of halogens is 1. The van der Waals surface area contributed by atoms with Crippen LogP contribution >= 0.6 is 0 Å². The van der Waals surface area contributed by atoms with Crippen LogP contribution < -0.4 is 5.43 Å². The molecule has 0 unspecified atom stereocenters. The normalized spacial score (nSPS) is 11.1. The second-order valence-electron chi connectivity index (χ2n) is 4.45. The van der Waals surface area contributed by atoms with Crippen LogP contribution in [-0.4, -0.2) is 16.5 Å². The zero-order valence-corrected chi connectivity index (χ0v) is 11.6. The average molecular weight is 301 g/mol. The predicted molar refractivity (Wildman–Crippen MR) is 79.2 cm³/mol. The zero-order valence-electron chi connectivity index (χ0n) is 11.6. The minimum atomic E-state index is -0.543. The van der Waals surface area contributed by atoms with Gasteiger partial charge in [0, 0.05) is 17.7 Å². The number of nitrogens with one attached hydrogen (secondary N) is 1. The number of rotatable bonds is 4. The number of hydrogen-bond acceptors (Lipinski definition) is 4. The Morgan fingerprint density at radius 2 is 1.64 bits per heavy atom. The number of nitro groups is 1. The lowest BCUT2D eigenvalue weighted by molar-refractivity contribution is -0.384. The van der Waals surface area contributed by atoms with Gasteiger partial charge in [-0.3, -0.25) is 14.9 Å². The van der Waals surface area contributed by atoms with E-state index >= 15 is 0 Å². The van der Waals surface area contributed by atoms with Crippen LogP contribution in [0.15, 0.2) is 53.6 Å². The van der Waals surface area contributed by atoms with Crippen LogP contribution in [0.1, 0.15) is 22.8 Å². The lowest BCUT2D eigenvalue weighted by atomic mass is 10.1. The van der Waals surface area contributed by atoms with Gasteiger partial charge in [-0.2, -0.15) is 5.10 Å². The molecule has 0 saturated carbocycles. The molecule has 0 fully saturated rings. The molecule has 1 N–H and O–H groups in total. The van der Waals surface area contributed by atoms with E-state index in [4.69, 9.17) is 0 Å². The van der Waals surface area contributed by atoms with Crippen LogP contribution in [0.3, 0.4) is 0 Å². The molecule has 2 rings (SSSR count). The number of hydrazone groups is 1. The highest BCUT2D eigenvalue weighted by atomic mass is 19.1. The summed E-state index contributed by atoms with van der Waals surface area (Å²) in [4.78, 5) is 21.9. The van der Waals surface area contributed by atoms with Crippen molar-refractivity contribution < 1.29 is 14.1 Å². The van der Waals surface area contributed by atoms with Gasteiger partial charge in [-0.05, 0) is 36.8 Å². The molecule has 0 heterocycles. The average Bonchev–Trinajstić information content (AvgIpc) is 2.53. The first-order chi connectivity index (χ1) is 10.5. The first-order valence-corrected chi connectivity index (χ1v) is 6.32. The molecule has 0 spiro atoms. The third-order valence-electron chi connectivity index (χ3n) is 2.93. The van der Waals surface area contributed by atoms with Crippen LogP contribution in [0, 0.1) is 15.9 Å². The minimum absolute atomic E-state index is 0.0949. The van der Waals surface area contributed by atoms with Crippen molar-refractivity contribution in [1.29, 1.82) is 0 Å². The molecule has 0 saturated heterocycles. The third-order valence-corrected chi connectivity index (χ3v) is 2.93. The number of carbonyl (C=O) groups excluding carboxylic acids is 1. The Morgan fingerprint density at radius 3 is 2.18 bits per heavy atom. The van der Waals surface area contributed by atoms with Crippen molar-refractivity contribution in [2.24, 2.45) is 5.10 Å². The van der Waals surface area contributed by atoms with E-state index in [9.17, 15) is 19.3 Å². The maximum atomic E-state index is 12.8. The van der Waals surface area contributed by atoms with Gasteiger partial charge in [0.2, 0.25) is 0 Å². The molecule has 0 aliphatic rings. The quantitative estimate of drug-likeness (QED) is 0.535. The molecule has 6 nitrogen and oxygen atoms in total. The van der Waals surface area contributed by atoms with Crippen molar-refractivity contribution >= 4 is 17.3 Å². The van der Waals surface area contributed by atoms with E-state index in [1.165, 1.54) is 36.4 Å². The van der Waals surface area contributed by atoms with Gasteiger partial charge < -0.3 is 0 Å². The Labute approximate surface area is 125 Å². The van der Waals surface area contributed by atoms with Crippen molar-refractivity contribution in [2.75, 3.05) is 0 Å².